The van der Waals surface area contributed by atoms with Crippen molar-refractivity contribution in [2.75, 3.05) is 0 Å². The van der Waals surface area contributed by atoms with Gasteiger partial charge in [-0.2, -0.15) is 0 Å². The van der Waals surface area contributed by atoms with E-state index in [0.29, 0.717) is 0 Å². The number of hydrogen-bond acceptors (Lipinski definition) is 5. The quantitative estimate of drug-likeness (QED) is 0.747. The van der Waals surface area contributed by atoms with Crippen LogP contribution in [0.15, 0.2) is 43.0 Å². The summed E-state index contributed by atoms with van der Waals surface area (Å²) in [5.74, 6) is -0.510. The number of benzene rings is 1. The molecule has 0 radical (unpaired) electrons. The SMILES string of the molecule is O=C(Cn1cnc2ccccc21)NC1CCC(Oc2ncc(F)cn2)CC1. The second-order valence-corrected chi connectivity index (χ2v) is 6.70. The van der Waals surface area contributed by atoms with Crippen LogP contribution in [-0.4, -0.2) is 37.6 Å². The van der Waals surface area contributed by atoms with Crippen LogP contribution in [0, 0.1) is 5.82 Å². The lowest BCUT2D eigenvalue weighted by Gasteiger charge is -2.28. The fourth-order valence-electron chi connectivity index (χ4n) is 3.40. The summed E-state index contributed by atoms with van der Waals surface area (Å²) in [6.07, 6.45) is 7.09. The number of nitrogens with one attached hydrogen (secondary N) is 1. The first kappa shape index (κ1) is 17.4. The van der Waals surface area contributed by atoms with Gasteiger partial charge in [-0.05, 0) is 37.8 Å². The summed E-state index contributed by atoms with van der Waals surface area (Å²) in [6, 6.07) is 8.06. The highest BCUT2D eigenvalue weighted by atomic mass is 19.1. The molecular formula is C19H20FN5O2. The minimum absolute atomic E-state index is 0.0128. The molecular weight excluding hydrogens is 349 g/mol. The second-order valence-electron chi connectivity index (χ2n) is 6.70. The smallest absolute Gasteiger partial charge is 0.316 e. The van der Waals surface area contributed by atoms with E-state index in [1.165, 1.54) is 0 Å². The summed E-state index contributed by atoms with van der Waals surface area (Å²) in [7, 11) is 0. The normalized spacial score (nSPS) is 19.7. The van der Waals surface area contributed by atoms with Crippen molar-refractivity contribution < 1.29 is 13.9 Å². The van der Waals surface area contributed by atoms with Crippen LogP contribution in [0.1, 0.15) is 25.7 Å². The molecule has 3 aromatic rings. The average molecular weight is 369 g/mol. The number of rotatable bonds is 5. The molecule has 27 heavy (non-hydrogen) atoms. The molecule has 1 fully saturated rings. The zero-order valence-corrected chi connectivity index (χ0v) is 14.7. The highest BCUT2D eigenvalue weighted by Crippen LogP contribution is 2.22. The number of imidazole rings is 1. The number of carbonyl (C=O) groups excluding carboxylic acids is 1. The summed E-state index contributed by atoms with van der Waals surface area (Å²) >= 11 is 0. The van der Waals surface area contributed by atoms with E-state index < -0.39 is 5.82 Å². The van der Waals surface area contributed by atoms with Gasteiger partial charge in [-0.1, -0.05) is 12.1 Å². The Morgan fingerprint density at radius 3 is 2.67 bits per heavy atom. The molecule has 8 heteroatoms. The molecule has 1 amide bonds. The predicted molar refractivity (Wildman–Crippen MR) is 96.5 cm³/mol. The van der Waals surface area contributed by atoms with Gasteiger partial charge in [0.15, 0.2) is 5.82 Å². The second kappa shape index (κ2) is 7.69. The molecule has 1 N–H and O–H groups in total. The molecule has 1 saturated carbocycles. The molecule has 140 valence electrons. The predicted octanol–water partition coefficient (Wildman–Crippen LogP) is 2.47. The number of aromatic nitrogens is 4. The third-order valence-electron chi connectivity index (χ3n) is 4.75. The number of para-hydroxylation sites is 2. The Balaban J connectivity index is 1.26. The van der Waals surface area contributed by atoms with Crippen molar-refractivity contribution in [2.45, 2.75) is 44.4 Å². The van der Waals surface area contributed by atoms with Gasteiger partial charge in [0.2, 0.25) is 5.91 Å². The van der Waals surface area contributed by atoms with Gasteiger partial charge in [-0.25, -0.2) is 19.3 Å². The third kappa shape index (κ3) is 4.21. The molecule has 0 spiro atoms. The van der Waals surface area contributed by atoms with Crippen molar-refractivity contribution in [1.82, 2.24) is 24.8 Å². The van der Waals surface area contributed by atoms with Crippen LogP contribution < -0.4 is 10.1 Å². The van der Waals surface area contributed by atoms with Crippen LogP contribution in [0.5, 0.6) is 6.01 Å². The standard InChI is InChI=1S/C19H20FN5O2/c20-13-9-21-19(22-10-13)27-15-7-5-14(6-8-15)24-18(26)11-25-12-23-16-3-1-2-4-17(16)25/h1-4,9-10,12,14-15H,5-8,11H2,(H,24,26). The van der Waals surface area contributed by atoms with Gasteiger partial charge in [0.05, 0.1) is 29.8 Å². The van der Waals surface area contributed by atoms with Crippen LogP contribution in [-0.2, 0) is 11.3 Å². The largest absolute Gasteiger partial charge is 0.460 e. The zero-order chi connectivity index (χ0) is 18.6. The molecule has 1 aliphatic carbocycles. The van der Waals surface area contributed by atoms with E-state index in [1.807, 2.05) is 28.8 Å². The Morgan fingerprint density at radius 1 is 1.15 bits per heavy atom. The van der Waals surface area contributed by atoms with E-state index in [0.717, 1.165) is 49.1 Å². The summed E-state index contributed by atoms with van der Waals surface area (Å²) in [5.41, 5.74) is 1.83. The topological polar surface area (TPSA) is 81.9 Å². The molecule has 0 saturated heterocycles. The maximum absolute atomic E-state index is 12.8. The number of nitrogens with zero attached hydrogens (tertiary/aromatic N) is 4. The van der Waals surface area contributed by atoms with Crippen LogP contribution >= 0.6 is 0 Å². The number of amides is 1. The van der Waals surface area contributed by atoms with Crippen molar-refractivity contribution in [3.05, 3.63) is 48.8 Å². The maximum Gasteiger partial charge on any atom is 0.316 e. The first-order valence-electron chi connectivity index (χ1n) is 9.01. The minimum atomic E-state index is -0.487. The summed E-state index contributed by atoms with van der Waals surface area (Å²) < 4.78 is 20.4. The highest BCUT2D eigenvalue weighted by molar-refractivity contribution is 5.80. The Labute approximate surface area is 155 Å². The molecule has 7 nitrogen and oxygen atoms in total. The molecule has 0 atom stereocenters. The Kier molecular flexibility index (Phi) is 4.95. The average Bonchev–Trinajstić information content (AvgIpc) is 3.08. The number of carbonyl (C=O) groups is 1. The lowest BCUT2D eigenvalue weighted by Crippen LogP contribution is -2.41. The van der Waals surface area contributed by atoms with Crippen molar-refractivity contribution in [3.63, 3.8) is 0 Å². The van der Waals surface area contributed by atoms with Crippen LogP contribution in [0.3, 0.4) is 0 Å². The number of hydrogen-bond donors (Lipinski definition) is 1. The number of fused-ring (bicyclic) bond motifs is 1. The molecule has 0 aliphatic heterocycles. The molecule has 0 unspecified atom stereocenters. The van der Waals surface area contributed by atoms with Crippen LogP contribution in [0.2, 0.25) is 0 Å². The van der Waals surface area contributed by atoms with Gasteiger partial charge < -0.3 is 14.6 Å². The van der Waals surface area contributed by atoms with Crippen molar-refractivity contribution in [3.8, 4) is 6.01 Å². The zero-order valence-electron chi connectivity index (χ0n) is 14.7. The molecule has 2 heterocycles. The molecule has 2 aromatic heterocycles. The van der Waals surface area contributed by atoms with E-state index in [1.54, 1.807) is 6.33 Å². The Hall–Kier alpha value is -3.03. The summed E-state index contributed by atoms with van der Waals surface area (Å²) in [4.78, 5) is 24.3. The van der Waals surface area contributed by atoms with E-state index >= 15 is 0 Å². The lowest BCUT2D eigenvalue weighted by atomic mass is 9.93. The van der Waals surface area contributed by atoms with E-state index in [-0.39, 0.29) is 30.6 Å². The maximum atomic E-state index is 12.8. The van der Waals surface area contributed by atoms with Crippen LogP contribution in [0.25, 0.3) is 11.0 Å². The monoisotopic (exact) mass is 369 g/mol. The fourth-order valence-corrected chi connectivity index (χ4v) is 3.40. The molecule has 1 aliphatic rings. The number of halogens is 1. The van der Waals surface area contributed by atoms with E-state index in [9.17, 15) is 9.18 Å². The molecule has 4 rings (SSSR count). The van der Waals surface area contributed by atoms with Gasteiger partial charge >= 0.3 is 6.01 Å². The first-order valence-corrected chi connectivity index (χ1v) is 9.01. The molecule has 1 aromatic carbocycles. The van der Waals surface area contributed by atoms with Gasteiger partial charge in [0.25, 0.3) is 0 Å². The van der Waals surface area contributed by atoms with Crippen molar-refractivity contribution in [2.24, 2.45) is 0 Å². The first-order chi connectivity index (χ1) is 13.2. The van der Waals surface area contributed by atoms with Crippen LogP contribution in [0.4, 0.5) is 4.39 Å². The Morgan fingerprint density at radius 2 is 1.89 bits per heavy atom. The fraction of sp³-hybridized carbons (Fsp3) is 0.368. The van der Waals surface area contributed by atoms with Crippen molar-refractivity contribution in [1.29, 1.82) is 0 Å². The molecule has 0 bridgehead atoms. The lowest BCUT2D eigenvalue weighted by molar-refractivity contribution is -0.122. The summed E-state index contributed by atoms with van der Waals surface area (Å²) in [5, 5.41) is 3.09. The van der Waals surface area contributed by atoms with Gasteiger partial charge in [0.1, 0.15) is 12.6 Å². The van der Waals surface area contributed by atoms with E-state index in [4.69, 9.17) is 4.74 Å². The Bertz CT molecular complexity index is 919. The van der Waals surface area contributed by atoms with Crippen molar-refractivity contribution >= 4 is 16.9 Å². The van der Waals surface area contributed by atoms with Gasteiger partial charge in [-0.15, -0.1) is 0 Å². The highest BCUT2D eigenvalue weighted by Gasteiger charge is 2.24. The minimum Gasteiger partial charge on any atom is -0.460 e. The van der Waals surface area contributed by atoms with Gasteiger partial charge in [-0.3, -0.25) is 4.79 Å². The van der Waals surface area contributed by atoms with E-state index in [2.05, 4.69) is 20.3 Å². The summed E-state index contributed by atoms with van der Waals surface area (Å²) in [6.45, 7) is 0.250. The number of ether oxygens (including phenoxy) is 1. The van der Waals surface area contributed by atoms with Gasteiger partial charge in [0, 0.05) is 6.04 Å². The third-order valence-corrected chi connectivity index (χ3v) is 4.75.